The summed E-state index contributed by atoms with van der Waals surface area (Å²) in [5.41, 5.74) is 2.56. The molecule has 1 aromatic heterocycles. The molecule has 1 amide bonds. The van der Waals surface area contributed by atoms with Crippen LogP contribution in [0, 0.1) is 29.1 Å². The van der Waals surface area contributed by atoms with E-state index in [2.05, 4.69) is 10.3 Å². The molecular weight excluding hydrogens is 450 g/mol. The Morgan fingerprint density at radius 2 is 1.72 bits per heavy atom. The zero-order chi connectivity index (χ0) is 24.7. The average molecular weight is 490 g/mol. The van der Waals surface area contributed by atoms with Crippen molar-refractivity contribution in [2.75, 3.05) is 5.32 Å². The van der Waals surface area contributed by atoms with Crippen molar-refractivity contribution < 1.29 is 14.7 Å². The number of benzene rings is 1. The van der Waals surface area contributed by atoms with Crippen LogP contribution in [-0.2, 0) is 12.8 Å². The SMILES string of the molecule is O=C(O)c1cccc(NC(=O)c2nc(CC3CCCCC3)[nH]c2CCC23CC4CC(CC(C4)C2)C3)c1. The van der Waals surface area contributed by atoms with Crippen molar-refractivity contribution in [3.63, 3.8) is 0 Å². The summed E-state index contributed by atoms with van der Waals surface area (Å²) in [6.07, 6.45) is 17.7. The maximum atomic E-state index is 13.4. The van der Waals surface area contributed by atoms with Crippen LogP contribution in [0.15, 0.2) is 24.3 Å². The Hall–Kier alpha value is -2.63. The molecule has 3 N–H and O–H groups in total. The van der Waals surface area contributed by atoms with E-state index < -0.39 is 5.97 Å². The number of carbonyl (C=O) groups excluding carboxylic acids is 1. The Balaban J connectivity index is 1.21. The summed E-state index contributed by atoms with van der Waals surface area (Å²) in [4.78, 5) is 33.2. The van der Waals surface area contributed by atoms with Gasteiger partial charge < -0.3 is 15.4 Å². The molecule has 0 radical (unpaired) electrons. The first kappa shape index (κ1) is 23.7. The first-order valence-corrected chi connectivity index (χ1v) is 14.2. The Bertz CT molecular complexity index is 1090. The predicted molar refractivity (Wildman–Crippen MR) is 139 cm³/mol. The predicted octanol–water partition coefficient (Wildman–Crippen LogP) is 6.63. The Morgan fingerprint density at radius 1 is 1.03 bits per heavy atom. The first-order valence-electron chi connectivity index (χ1n) is 14.2. The number of rotatable bonds is 8. The fourth-order valence-electron chi connectivity index (χ4n) is 8.50. The molecule has 36 heavy (non-hydrogen) atoms. The number of carboxylic acid groups (broad SMARTS) is 1. The molecule has 6 heteroatoms. The first-order chi connectivity index (χ1) is 17.4. The van der Waals surface area contributed by atoms with Crippen LogP contribution < -0.4 is 5.32 Å². The summed E-state index contributed by atoms with van der Waals surface area (Å²) < 4.78 is 0. The number of anilines is 1. The van der Waals surface area contributed by atoms with E-state index in [0.29, 0.717) is 22.7 Å². The van der Waals surface area contributed by atoms with Gasteiger partial charge in [-0.2, -0.15) is 0 Å². The second kappa shape index (κ2) is 9.68. The summed E-state index contributed by atoms with van der Waals surface area (Å²) in [6, 6.07) is 6.43. The number of nitrogens with one attached hydrogen (secondary N) is 2. The maximum Gasteiger partial charge on any atom is 0.335 e. The largest absolute Gasteiger partial charge is 0.478 e. The van der Waals surface area contributed by atoms with Crippen molar-refractivity contribution in [3.05, 3.63) is 47.0 Å². The number of carboxylic acids is 1. The van der Waals surface area contributed by atoms with E-state index in [1.165, 1.54) is 82.8 Å². The highest BCUT2D eigenvalue weighted by Crippen LogP contribution is 2.61. The van der Waals surface area contributed by atoms with E-state index in [-0.39, 0.29) is 11.5 Å². The molecule has 1 aromatic carbocycles. The summed E-state index contributed by atoms with van der Waals surface area (Å²) >= 11 is 0. The number of aryl methyl sites for hydroxylation is 1. The van der Waals surface area contributed by atoms with Crippen molar-refractivity contribution in [1.82, 2.24) is 9.97 Å². The average Bonchev–Trinajstić information content (AvgIpc) is 3.25. The third-order valence-electron chi connectivity index (χ3n) is 9.69. The molecule has 6 nitrogen and oxygen atoms in total. The van der Waals surface area contributed by atoms with Crippen molar-refractivity contribution in [2.45, 2.75) is 89.9 Å². The lowest BCUT2D eigenvalue weighted by Gasteiger charge is -2.57. The smallest absolute Gasteiger partial charge is 0.335 e. The van der Waals surface area contributed by atoms with E-state index in [4.69, 9.17) is 4.98 Å². The monoisotopic (exact) mass is 489 g/mol. The Morgan fingerprint density at radius 3 is 2.39 bits per heavy atom. The minimum Gasteiger partial charge on any atom is -0.478 e. The third kappa shape index (κ3) is 4.96. The lowest BCUT2D eigenvalue weighted by molar-refractivity contribution is -0.0570. The van der Waals surface area contributed by atoms with E-state index in [1.807, 2.05) is 0 Å². The van der Waals surface area contributed by atoms with Crippen molar-refractivity contribution in [2.24, 2.45) is 29.1 Å². The van der Waals surface area contributed by atoms with Gasteiger partial charge in [0.25, 0.3) is 5.91 Å². The summed E-state index contributed by atoms with van der Waals surface area (Å²) in [6.45, 7) is 0. The van der Waals surface area contributed by atoms with Gasteiger partial charge in [-0.3, -0.25) is 4.79 Å². The van der Waals surface area contributed by atoms with Crippen LogP contribution in [0.5, 0.6) is 0 Å². The minimum atomic E-state index is -1.00. The zero-order valence-corrected chi connectivity index (χ0v) is 21.2. The van der Waals surface area contributed by atoms with Gasteiger partial charge in [0.1, 0.15) is 11.5 Å². The molecule has 4 bridgehead atoms. The van der Waals surface area contributed by atoms with E-state index in [9.17, 15) is 14.7 Å². The molecule has 7 rings (SSSR count). The molecule has 5 aliphatic carbocycles. The molecule has 0 unspecified atom stereocenters. The van der Waals surface area contributed by atoms with Gasteiger partial charge in [0.2, 0.25) is 0 Å². The molecular formula is C30H39N3O3. The summed E-state index contributed by atoms with van der Waals surface area (Å²) in [5.74, 6) is 3.09. The highest BCUT2D eigenvalue weighted by atomic mass is 16.4. The molecule has 0 atom stereocenters. The number of nitrogens with zero attached hydrogens (tertiary/aromatic N) is 1. The summed E-state index contributed by atoms with van der Waals surface area (Å²) in [7, 11) is 0. The molecule has 192 valence electrons. The fourth-order valence-corrected chi connectivity index (χ4v) is 8.50. The molecule has 2 aromatic rings. The third-order valence-corrected chi connectivity index (χ3v) is 9.69. The lowest BCUT2D eigenvalue weighted by Crippen LogP contribution is -2.46. The Kier molecular flexibility index (Phi) is 6.38. The summed E-state index contributed by atoms with van der Waals surface area (Å²) in [5, 5.41) is 12.2. The topological polar surface area (TPSA) is 95.1 Å². The number of aromatic nitrogens is 2. The molecule has 0 aliphatic heterocycles. The van der Waals surface area contributed by atoms with Crippen LogP contribution in [0.1, 0.15) is 109 Å². The number of hydrogen-bond donors (Lipinski definition) is 3. The maximum absolute atomic E-state index is 13.4. The molecule has 5 aliphatic rings. The van der Waals surface area contributed by atoms with Gasteiger partial charge in [0, 0.05) is 17.8 Å². The number of imidazole rings is 1. The van der Waals surface area contributed by atoms with Gasteiger partial charge in [0.15, 0.2) is 0 Å². The number of hydrogen-bond acceptors (Lipinski definition) is 3. The van der Waals surface area contributed by atoms with Crippen molar-refractivity contribution in [3.8, 4) is 0 Å². The van der Waals surface area contributed by atoms with Gasteiger partial charge in [-0.05, 0) is 98.7 Å². The number of aromatic amines is 1. The highest BCUT2D eigenvalue weighted by Gasteiger charge is 2.50. The van der Waals surface area contributed by atoms with Crippen LogP contribution in [-0.4, -0.2) is 27.0 Å². The Labute approximate surface area is 213 Å². The van der Waals surface area contributed by atoms with Gasteiger partial charge >= 0.3 is 5.97 Å². The molecule has 0 saturated heterocycles. The van der Waals surface area contributed by atoms with Crippen molar-refractivity contribution in [1.29, 1.82) is 0 Å². The van der Waals surface area contributed by atoms with E-state index >= 15 is 0 Å². The molecule has 1 heterocycles. The van der Waals surface area contributed by atoms with Gasteiger partial charge in [-0.25, -0.2) is 9.78 Å². The number of amides is 1. The fraction of sp³-hybridized carbons (Fsp3) is 0.633. The van der Waals surface area contributed by atoms with Crippen LogP contribution >= 0.6 is 0 Å². The standard InChI is InChI=1S/C30H39N3O3/c34-28(31-24-8-4-7-23(15-24)29(35)36)27-25(32-26(33-27)14-19-5-2-1-3-6-19)9-10-30-16-20-11-21(17-30)13-22(12-20)18-30/h4,7-8,15,19-22H,1-3,5-6,9-14,16-18H2,(H,31,34)(H,32,33)(H,35,36). The number of aromatic carboxylic acids is 1. The quantitative estimate of drug-likeness (QED) is 0.388. The van der Waals surface area contributed by atoms with Crippen molar-refractivity contribution >= 4 is 17.6 Å². The van der Waals surface area contributed by atoms with E-state index in [0.717, 1.165) is 48.5 Å². The molecule has 5 saturated carbocycles. The number of carbonyl (C=O) groups is 2. The van der Waals surface area contributed by atoms with Crippen LogP contribution in [0.25, 0.3) is 0 Å². The second-order valence-electron chi connectivity index (χ2n) is 12.5. The van der Waals surface area contributed by atoms with Gasteiger partial charge in [0.05, 0.1) is 5.56 Å². The van der Waals surface area contributed by atoms with E-state index in [1.54, 1.807) is 12.1 Å². The normalized spacial score (nSPS) is 29.4. The molecule has 0 spiro atoms. The molecule has 5 fully saturated rings. The zero-order valence-electron chi connectivity index (χ0n) is 21.2. The van der Waals surface area contributed by atoms with Gasteiger partial charge in [-0.1, -0.05) is 38.2 Å². The second-order valence-corrected chi connectivity index (χ2v) is 12.5. The lowest BCUT2D eigenvalue weighted by atomic mass is 9.48. The van der Waals surface area contributed by atoms with Gasteiger partial charge in [-0.15, -0.1) is 0 Å². The van der Waals surface area contributed by atoms with Crippen LogP contribution in [0.4, 0.5) is 5.69 Å². The highest BCUT2D eigenvalue weighted by molar-refractivity contribution is 6.04. The number of H-pyrrole nitrogens is 1. The minimum absolute atomic E-state index is 0.162. The van der Waals surface area contributed by atoms with Crippen LogP contribution in [0.2, 0.25) is 0 Å². The van der Waals surface area contributed by atoms with Crippen LogP contribution in [0.3, 0.4) is 0 Å².